The number of rotatable bonds is 4. The van der Waals surface area contributed by atoms with Crippen molar-refractivity contribution in [1.82, 2.24) is 14.5 Å². The highest BCUT2D eigenvalue weighted by Crippen LogP contribution is 2.31. The minimum Gasteiger partial charge on any atom is -0.330 e. The first kappa shape index (κ1) is 17.5. The van der Waals surface area contributed by atoms with Crippen LogP contribution in [0.25, 0.3) is 11.0 Å². The molecule has 0 aliphatic carbocycles. The van der Waals surface area contributed by atoms with E-state index in [9.17, 15) is 8.42 Å². The highest BCUT2D eigenvalue weighted by Gasteiger charge is 2.27. The molecule has 1 aromatic carbocycles. The van der Waals surface area contributed by atoms with Crippen molar-refractivity contribution in [2.24, 2.45) is 0 Å². The van der Waals surface area contributed by atoms with Gasteiger partial charge in [0, 0.05) is 35.4 Å². The zero-order valence-electron chi connectivity index (χ0n) is 14.5. The molecule has 1 atom stereocenters. The predicted octanol–water partition coefficient (Wildman–Crippen LogP) is 3.62. The molecule has 5 nitrogen and oxygen atoms in total. The van der Waals surface area contributed by atoms with E-state index in [0.717, 1.165) is 19.5 Å². The third-order valence-corrected chi connectivity index (χ3v) is 7.09. The number of nitrogens with zero attached hydrogens (tertiary/aromatic N) is 3. The first-order valence-electron chi connectivity index (χ1n) is 8.61. The Morgan fingerprint density at radius 1 is 1.27 bits per heavy atom. The van der Waals surface area contributed by atoms with Gasteiger partial charge in [0.15, 0.2) is 0 Å². The average Bonchev–Trinajstić information content (AvgIpc) is 3.20. The Kier molecular flexibility index (Phi) is 4.50. The van der Waals surface area contributed by atoms with Gasteiger partial charge in [0.2, 0.25) is 9.84 Å². The van der Waals surface area contributed by atoms with Crippen LogP contribution in [-0.4, -0.2) is 42.5 Å². The normalized spacial score (nSPS) is 18.6. The van der Waals surface area contributed by atoms with Crippen LogP contribution in [0.5, 0.6) is 0 Å². The molecular formula is C19H20ClN3O2S. The number of hydrogen-bond acceptors (Lipinski definition) is 4. The summed E-state index contributed by atoms with van der Waals surface area (Å²) in [6, 6.07) is 10.4. The van der Waals surface area contributed by atoms with Gasteiger partial charge in [0.1, 0.15) is 5.65 Å². The Morgan fingerprint density at radius 3 is 2.85 bits per heavy atom. The summed E-state index contributed by atoms with van der Waals surface area (Å²) in [6.45, 7) is 1.81. The highest BCUT2D eigenvalue weighted by molar-refractivity contribution is 7.91. The van der Waals surface area contributed by atoms with Crippen LogP contribution in [-0.2, 0) is 16.4 Å². The van der Waals surface area contributed by atoms with Gasteiger partial charge in [-0.05, 0) is 56.8 Å². The van der Waals surface area contributed by atoms with Gasteiger partial charge in [-0.3, -0.25) is 0 Å². The summed E-state index contributed by atoms with van der Waals surface area (Å²) in [7, 11) is -1.56. The van der Waals surface area contributed by atoms with Crippen molar-refractivity contribution in [2.75, 3.05) is 13.6 Å². The fraction of sp³-hybridized carbons (Fsp3) is 0.316. The highest BCUT2D eigenvalue weighted by atomic mass is 35.5. The molecule has 136 valence electrons. The average molecular weight is 390 g/mol. The lowest BCUT2D eigenvalue weighted by Crippen LogP contribution is -2.29. The van der Waals surface area contributed by atoms with Crippen molar-refractivity contribution in [1.29, 1.82) is 0 Å². The fourth-order valence-electron chi connectivity index (χ4n) is 3.64. The molecule has 7 heteroatoms. The number of fused-ring (bicyclic) bond motifs is 1. The van der Waals surface area contributed by atoms with Crippen molar-refractivity contribution < 1.29 is 8.42 Å². The number of likely N-dealkylation sites (tertiary alicyclic amines) is 1. The lowest BCUT2D eigenvalue weighted by Gasteiger charge is -2.20. The topological polar surface area (TPSA) is 55.2 Å². The SMILES string of the molecule is CN1CCCC1Cn1cc(S(=O)(=O)c2cccc(Cl)c2)c2cccnc21. The van der Waals surface area contributed by atoms with Gasteiger partial charge in [-0.15, -0.1) is 0 Å². The molecule has 3 aromatic rings. The largest absolute Gasteiger partial charge is 0.330 e. The first-order valence-corrected chi connectivity index (χ1v) is 10.5. The van der Waals surface area contributed by atoms with Crippen molar-refractivity contribution in [3.05, 3.63) is 53.8 Å². The van der Waals surface area contributed by atoms with Crippen LogP contribution in [0.2, 0.25) is 5.02 Å². The molecule has 2 aromatic heterocycles. The van der Waals surface area contributed by atoms with Crippen molar-refractivity contribution in [3.63, 3.8) is 0 Å². The van der Waals surface area contributed by atoms with Gasteiger partial charge < -0.3 is 9.47 Å². The lowest BCUT2D eigenvalue weighted by molar-refractivity contribution is 0.284. The van der Waals surface area contributed by atoms with E-state index in [0.29, 0.717) is 22.1 Å². The van der Waals surface area contributed by atoms with Crippen LogP contribution in [0.4, 0.5) is 0 Å². The smallest absolute Gasteiger partial charge is 0.208 e. The Morgan fingerprint density at radius 2 is 2.12 bits per heavy atom. The zero-order valence-corrected chi connectivity index (χ0v) is 16.0. The maximum atomic E-state index is 13.2. The van der Waals surface area contributed by atoms with Gasteiger partial charge in [-0.25, -0.2) is 13.4 Å². The minimum absolute atomic E-state index is 0.200. The predicted molar refractivity (Wildman–Crippen MR) is 102 cm³/mol. The third kappa shape index (κ3) is 3.02. The number of aromatic nitrogens is 2. The Balaban J connectivity index is 1.83. The molecule has 0 saturated carbocycles. The van der Waals surface area contributed by atoms with E-state index in [2.05, 4.69) is 16.9 Å². The summed E-state index contributed by atoms with van der Waals surface area (Å²) in [4.78, 5) is 7.25. The summed E-state index contributed by atoms with van der Waals surface area (Å²) in [5.41, 5.74) is 0.702. The number of pyridine rings is 1. The zero-order chi connectivity index (χ0) is 18.3. The lowest BCUT2D eigenvalue weighted by atomic mass is 10.2. The Labute approximate surface area is 158 Å². The van der Waals surface area contributed by atoms with Crippen molar-refractivity contribution in [3.8, 4) is 0 Å². The van der Waals surface area contributed by atoms with Gasteiger partial charge >= 0.3 is 0 Å². The second-order valence-electron chi connectivity index (χ2n) is 6.76. The van der Waals surface area contributed by atoms with Crippen LogP contribution in [0.15, 0.2) is 58.6 Å². The number of sulfone groups is 1. The van der Waals surface area contributed by atoms with Crippen LogP contribution < -0.4 is 0 Å². The number of benzene rings is 1. The van der Waals surface area contributed by atoms with Gasteiger partial charge in [0.25, 0.3) is 0 Å². The van der Waals surface area contributed by atoms with E-state index in [1.807, 2.05) is 10.6 Å². The number of hydrogen-bond donors (Lipinski definition) is 0. The summed E-state index contributed by atoms with van der Waals surface area (Å²) in [5, 5.41) is 1.05. The molecule has 0 bridgehead atoms. The van der Waals surface area contributed by atoms with Crippen molar-refractivity contribution in [2.45, 2.75) is 35.2 Å². The molecule has 0 amide bonds. The monoisotopic (exact) mass is 389 g/mol. The molecule has 1 fully saturated rings. The second-order valence-corrected chi connectivity index (χ2v) is 9.11. The molecule has 1 aliphatic heterocycles. The van der Waals surface area contributed by atoms with E-state index in [-0.39, 0.29) is 9.79 Å². The molecule has 4 rings (SSSR count). The fourth-order valence-corrected chi connectivity index (χ4v) is 5.41. The quantitative estimate of drug-likeness (QED) is 0.683. The molecule has 1 saturated heterocycles. The Bertz CT molecular complexity index is 1060. The van der Waals surface area contributed by atoms with Crippen molar-refractivity contribution >= 4 is 32.5 Å². The summed E-state index contributed by atoms with van der Waals surface area (Å²) < 4.78 is 28.4. The molecule has 0 spiro atoms. The second kappa shape index (κ2) is 6.68. The van der Waals surface area contributed by atoms with E-state index < -0.39 is 9.84 Å². The summed E-state index contributed by atoms with van der Waals surface area (Å²) in [6.07, 6.45) is 5.70. The molecule has 1 aliphatic rings. The first-order chi connectivity index (χ1) is 12.5. The maximum Gasteiger partial charge on any atom is 0.208 e. The van der Waals surface area contributed by atoms with Gasteiger partial charge in [0.05, 0.1) is 9.79 Å². The molecule has 1 unspecified atom stereocenters. The minimum atomic E-state index is -3.67. The number of likely N-dealkylation sites (N-methyl/N-ethyl adjacent to an activating group) is 1. The Hall–Kier alpha value is -1.89. The molecule has 0 radical (unpaired) electrons. The van der Waals surface area contributed by atoms with Crippen LogP contribution in [0.3, 0.4) is 0 Å². The van der Waals surface area contributed by atoms with Crippen LogP contribution >= 0.6 is 11.6 Å². The van der Waals surface area contributed by atoms with E-state index in [4.69, 9.17) is 11.6 Å². The summed E-state index contributed by atoms with van der Waals surface area (Å²) in [5.74, 6) is 0. The van der Waals surface area contributed by atoms with E-state index >= 15 is 0 Å². The maximum absolute atomic E-state index is 13.2. The third-order valence-electron chi connectivity index (χ3n) is 5.07. The van der Waals surface area contributed by atoms with Crippen LogP contribution in [0.1, 0.15) is 12.8 Å². The molecule has 3 heterocycles. The molecule has 0 N–H and O–H groups in total. The molecule has 26 heavy (non-hydrogen) atoms. The standard InChI is InChI=1S/C19H20ClN3O2S/c1-22-10-4-6-15(22)12-23-13-18(17-8-3-9-21-19(17)23)26(24,25)16-7-2-5-14(20)11-16/h2-3,5,7-9,11,13,15H,4,6,10,12H2,1H3. The van der Waals surface area contributed by atoms with E-state index in [1.165, 1.54) is 12.5 Å². The van der Waals surface area contributed by atoms with Gasteiger partial charge in [-0.1, -0.05) is 17.7 Å². The van der Waals surface area contributed by atoms with Gasteiger partial charge in [-0.2, -0.15) is 0 Å². The van der Waals surface area contributed by atoms with E-state index in [1.54, 1.807) is 36.7 Å². The van der Waals surface area contributed by atoms with Crippen LogP contribution in [0, 0.1) is 0 Å². The molecular weight excluding hydrogens is 370 g/mol. The number of halogens is 1. The summed E-state index contributed by atoms with van der Waals surface area (Å²) >= 11 is 6.00.